The number of fused-ring (bicyclic) bond motifs is 9. The second-order valence-electron chi connectivity index (χ2n) is 15.3. The minimum atomic E-state index is -0.195. The van der Waals surface area contributed by atoms with E-state index in [4.69, 9.17) is 14.2 Å². The molecule has 1 aromatic rings. The van der Waals surface area contributed by atoms with E-state index in [1.165, 1.54) is 39.0 Å². The van der Waals surface area contributed by atoms with Gasteiger partial charge in [-0.05, 0) is 123 Å². The molecule has 6 unspecified atom stereocenters. The third-order valence-electron chi connectivity index (χ3n) is 12.4. The lowest BCUT2D eigenvalue weighted by Crippen LogP contribution is -2.49. The fourth-order valence-corrected chi connectivity index (χ4v) is 10.1. The molecule has 6 atom stereocenters. The summed E-state index contributed by atoms with van der Waals surface area (Å²) in [6.07, 6.45) is 8.34. The van der Waals surface area contributed by atoms with Gasteiger partial charge in [-0.3, -0.25) is 0 Å². The van der Waals surface area contributed by atoms with Gasteiger partial charge in [0.15, 0.2) is 0 Å². The maximum absolute atomic E-state index is 7.29. The van der Waals surface area contributed by atoms with Gasteiger partial charge in [0.2, 0.25) is 0 Å². The predicted molar refractivity (Wildman–Crippen MR) is 156 cm³/mol. The molecule has 0 saturated carbocycles. The molecule has 7 rings (SSSR count). The Morgan fingerprint density at radius 1 is 0.769 bits per heavy atom. The SMILES string of the molecule is CC1=C(CCC2=C(C)C3(CC(C)(C)C45CCC(C(C)(C)C)(O4)C(C)=C5C)CCC2O3)C2OC1c1ccccc12. The first-order valence-corrected chi connectivity index (χ1v) is 15.5. The van der Waals surface area contributed by atoms with Gasteiger partial charge in [0.05, 0.1) is 22.9 Å². The molecule has 39 heavy (non-hydrogen) atoms. The van der Waals surface area contributed by atoms with Crippen LogP contribution < -0.4 is 0 Å². The van der Waals surface area contributed by atoms with Crippen molar-refractivity contribution in [2.24, 2.45) is 10.8 Å². The van der Waals surface area contributed by atoms with Gasteiger partial charge >= 0.3 is 0 Å². The quantitative estimate of drug-likeness (QED) is 0.344. The van der Waals surface area contributed by atoms with Crippen LogP contribution in [0.5, 0.6) is 0 Å². The summed E-state index contributed by atoms with van der Waals surface area (Å²) in [6, 6.07) is 8.79. The van der Waals surface area contributed by atoms with Crippen molar-refractivity contribution in [1.82, 2.24) is 0 Å². The van der Waals surface area contributed by atoms with Crippen molar-refractivity contribution in [2.45, 2.75) is 142 Å². The Kier molecular flexibility index (Phi) is 5.37. The third kappa shape index (κ3) is 3.16. The van der Waals surface area contributed by atoms with Crippen molar-refractivity contribution < 1.29 is 14.2 Å². The Bertz CT molecular complexity index is 1350. The van der Waals surface area contributed by atoms with Crippen LogP contribution in [0.4, 0.5) is 0 Å². The smallest absolute Gasteiger partial charge is 0.106 e. The van der Waals surface area contributed by atoms with Crippen LogP contribution in [-0.2, 0) is 14.2 Å². The van der Waals surface area contributed by atoms with Gasteiger partial charge in [-0.15, -0.1) is 0 Å². The van der Waals surface area contributed by atoms with E-state index in [1.807, 2.05) is 0 Å². The molecule has 0 aromatic heterocycles. The van der Waals surface area contributed by atoms with E-state index in [9.17, 15) is 0 Å². The summed E-state index contributed by atoms with van der Waals surface area (Å²) in [4.78, 5) is 0. The summed E-state index contributed by atoms with van der Waals surface area (Å²) in [6.45, 7) is 21.4. The highest BCUT2D eigenvalue weighted by molar-refractivity contribution is 5.50. The zero-order chi connectivity index (χ0) is 27.8. The van der Waals surface area contributed by atoms with Crippen LogP contribution >= 0.6 is 0 Å². The Hall–Kier alpha value is -1.68. The van der Waals surface area contributed by atoms with Crippen molar-refractivity contribution in [3.8, 4) is 0 Å². The maximum Gasteiger partial charge on any atom is 0.106 e. The monoisotopic (exact) mass is 528 g/mol. The van der Waals surface area contributed by atoms with Gasteiger partial charge in [0, 0.05) is 5.41 Å². The summed E-state index contributed by atoms with van der Waals surface area (Å²) >= 11 is 0. The van der Waals surface area contributed by atoms with E-state index in [0.717, 1.165) is 44.9 Å². The number of benzene rings is 1. The Labute approximate surface area is 236 Å². The molecule has 6 aliphatic rings. The molecule has 210 valence electrons. The number of hydrogen-bond acceptors (Lipinski definition) is 3. The molecular formula is C36H48O3. The van der Waals surface area contributed by atoms with Crippen molar-refractivity contribution in [3.63, 3.8) is 0 Å². The van der Waals surface area contributed by atoms with Crippen LogP contribution in [0.15, 0.2) is 57.7 Å². The molecular weight excluding hydrogens is 480 g/mol. The van der Waals surface area contributed by atoms with E-state index in [1.54, 1.807) is 5.57 Å². The highest BCUT2D eigenvalue weighted by Gasteiger charge is 2.68. The van der Waals surface area contributed by atoms with E-state index >= 15 is 0 Å². The lowest BCUT2D eigenvalue weighted by molar-refractivity contribution is -0.152. The van der Waals surface area contributed by atoms with Crippen molar-refractivity contribution >= 4 is 0 Å². The van der Waals surface area contributed by atoms with Gasteiger partial charge in [-0.2, -0.15) is 0 Å². The van der Waals surface area contributed by atoms with Crippen LogP contribution in [0.2, 0.25) is 0 Å². The van der Waals surface area contributed by atoms with E-state index in [0.29, 0.717) is 0 Å². The van der Waals surface area contributed by atoms with Crippen LogP contribution in [0.1, 0.15) is 131 Å². The fourth-order valence-electron chi connectivity index (χ4n) is 10.1. The molecule has 2 fully saturated rings. The van der Waals surface area contributed by atoms with Crippen molar-refractivity contribution in [3.05, 3.63) is 68.8 Å². The summed E-state index contributed by atoms with van der Waals surface area (Å²) in [5, 5.41) is 0. The first kappa shape index (κ1) is 26.2. The van der Waals surface area contributed by atoms with Gasteiger partial charge in [0.1, 0.15) is 12.2 Å². The average Bonchev–Trinajstić information content (AvgIpc) is 3.69. The zero-order valence-electron chi connectivity index (χ0n) is 25.7. The first-order chi connectivity index (χ1) is 18.3. The Morgan fingerprint density at radius 2 is 1.38 bits per heavy atom. The van der Waals surface area contributed by atoms with Crippen LogP contribution in [-0.4, -0.2) is 22.9 Å². The van der Waals surface area contributed by atoms with Crippen LogP contribution in [0, 0.1) is 10.8 Å². The number of hydrogen-bond donors (Lipinski definition) is 0. The van der Waals surface area contributed by atoms with Crippen molar-refractivity contribution in [2.75, 3.05) is 0 Å². The second-order valence-corrected chi connectivity index (χ2v) is 15.3. The van der Waals surface area contributed by atoms with Gasteiger partial charge in [-0.25, -0.2) is 0 Å². The molecule has 0 radical (unpaired) electrons. The van der Waals surface area contributed by atoms with Crippen molar-refractivity contribution in [1.29, 1.82) is 0 Å². The molecule has 1 aromatic carbocycles. The minimum absolute atomic E-state index is 0.0191. The Balaban J connectivity index is 1.13. The van der Waals surface area contributed by atoms with Gasteiger partial charge < -0.3 is 14.2 Å². The fraction of sp³-hybridized carbons (Fsp3) is 0.667. The average molecular weight is 529 g/mol. The normalized spacial score (nSPS) is 38.7. The van der Waals surface area contributed by atoms with Crippen LogP contribution in [0.3, 0.4) is 0 Å². The molecule has 6 bridgehead atoms. The van der Waals surface area contributed by atoms with E-state index < -0.39 is 0 Å². The molecule has 2 saturated heterocycles. The highest BCUT2D eigenvalue weighted by atomic mass is 16.5. The molecule has 0 spiro atoms. The Morgan fingerprint density at radius 3 is 2.05 bits per heavy atom. The van der Waals surface area contributed by atoms with Gasteiger partial charge in [-0.1, -0.05) is 58.9 Å². The summed E-state index contributed by atoms with van der Waals surface area (Å²) in [7, 11) is 0. The third-order valence-corrected chi connectivity index (χ3v) is 12.4. The topological polar surface area (TPSA) is 27.7 Å². The molecule has 3 heteroatoms. The maximum atomic E-state index is 7.29. The molecule has 0 amide bonds. The molecule has 0 N–H and O–H groups in total. The standard InChI is InChI=1S/C36H48O3/c1-21-25(31-28-13-11-10-12-27(28)30(21)37-31)14-15-26-24(4)34(17-16-29(26)38-34)20-33(8,9)36-19-18-35(39-36,32(5,6)7)22(2)23(36)3/h10-13,29-31H,14-20H2,1-9H3. The summed E-state index contributed by atoms with van der Waals surface area (Å²) < 4.78 is 20.8. The lowest BCUT2D eigenvalue weighted by Gasteiger charge is -2.47. The number of rotatable bonds is 6. The lowest BCUT2D eigenvalue weighted by atomic mass is 9.59. The first-order valence-electron chi connectivity index (χ1n) is 15.5. The molecule has 6 heterocycles. The summed E-state index contributed by atoms with van der Waals surface area (Å²) in [5.74, 6) is 0. The second kappa shape index (κ2) is 7.99. The minimum Gasteiger partial charge on any atom is -0.363 e. The zero-order valence-corrected chi connectivity index (χ0v) is 25.7. The molecule has 6 aliphatic heterocycles. The number of ether oxygens (including phenoxy) is 3. The van der Waals surface area contributed by atoms with E-state index in [2.05, 4.69) is 86.6 Å². The van der Waals surface area contributed by atoms with Crippen LogP contribution in [0.25, 0.3) is 0 Å². The molecule has 3 nitrogen and oxygen atoms in total. The molecule has 0 aliphatic carbocycles. The summed E-state index contributed by atoms with van der Waals surface area (Å²) in [5.41, 5.74) is 11.4. The highest BCUT2D eigenvalue weighted by Crippen LogP contribution is 2.68. The van der Waals surface area contributed by atoms with Gasteiger partial charge in [0.25, 0.3) is 0 Å². The van der Waals surface area contributed by atoms with E-state index in [-0.39, 0.29) is 45.9 Å². The largest absolute Gasteiger partial charge is 0.363 e. The predicted octanol–water partition coefficient (Wildman–Crippen LogP) is 9.26.